The van der Waals surface area contributed by atoms with Gasteiger partial charge in [0.25, 0.3) is 0 Å². The van der Waals surface area contributed by atoms with E-state index in [-0.39, 0.29) is 12.7 Å². The summed E-state index contributed by atoms with van der Waals surface area (Å²) in [6.45, 7) is 3.93. The lowest BCUT2D eigenvalue weighted by Gasteiger charge is -2.24. The Hall–Kier alpha value is -0.160. The van der Waals surface area contributed by atoms with Crippen molar-refractivity contribution in [2.75, 3.05) is 26.4 Å². The zero-order valence-corrected chi connectivity index (χ0v) is 9.58. The maximum atomic E-state index is 8.94. The van der Waals surface area contributed by atoms with Crippen molar-refractivity contribution in [2.24, 2.45) is 5.73 Å². The van der Waals surface area contributed by atoms with Crippen LogP contribution in [0.3, 0.4) is 0 Å². The fourth-order valence-corrected chi connectivity index (χ4v) is 1.54. The number of ether oxygens (including phenoxy) is 2. The molecule has 1 aliphatic heterocycles. The van der Waals surface area contributed by atoms with E-state index in [9.17, 15) is 0 Å². The molecule has 90 valence electrons. The fourth-order valence-electron chi connectivity index (χ4n) is 1.54. The smallest absolute Gasteiger partial charge is 0.0808 e. The van der Waals surface area contributed by atoms with Crippen LogP contribution < -0.4 is 5.73 Å². The summed E-state index contributed by atoms with van der Waals surface area (Å²) in [5.41, 5.74) is 5.25. The molecule has 4 heteroatoms. The van der Waals surface area contributed by atoms with Crippen molar-refractivity contribution in [1.29, 1.82) is 0 Å². The van der Waals surface area contributed by atoms with Gasteiger partial charge in [-0.3, -0.25) is 0 Å². The van der Waals surface area contributed by atoms with Crippen LogP contribution >= 0.6 is 0 Å². The van der Waals surface area contributed by atoms with Crippen molar-refractivity contribution in [3.63, 3.8) is 0 Å². The predicted molar refractivity (Wildman–Crippen MR) is 58.7 cm³/mol. The lowest BCUT2D eigenvalue weighted by Crippen LogP contribution is -2.41. The third kappa shape index (κ3) is 5.47. The van der Waals surface area contributed by atoms with Gasteiger partial charge in [-0.1, -0.05) is 0 Å². The highest BCUT2D eigenvalue weighted by Crippen LogP contribution is 2.13. The van der Waals surface area contributed by atoms with Gasteiger partial charge in [0.1, 0.15) is 0 Å². The van der Waals surface area contributed by atoms with Gasteiger partial charge in [-0.2, -0.15) is 0 Å². The summed E-state index contributed by atoms with van der Waals surface area (Å²) >= 11 is 0. The van der Waals surface area contributed by atoms with Gasteiger partial charge in [0.2, 0.25) is 0 Å². The SMILES string of the molecule is CC(N)(CO)CCOCC1CCCCO1. The molecule has 0 bridgehead atoms. The number of hydrogen-bond acceptors (Lipinski definition) is 4. The molecule has 15 heavy (non-hydrogen) atoms. The Morgan fingerprint density at radius 1 is 1.53 bits per heavy atom. The van der Waals surface area contributed by atoms with Crippen molar-refractivity contribution in [3.05, 3.63) is 0 Å². The summed E-state index contributed by atoms with van der Waals surface area (Å²) in [5, 5.41) is 8.94. The summed E-state index contributed by atoms with van der Waals surface area (Å²) in [5.74, 6) is 0. The van der Waals surface area contributed by atoms with Crippen LogP contribution in [0, 0.1) is 0 Å². The highest BCUT2D eigenvalue weighted by molar-refractivity contribution is 4.76. The molecule has 4 nitrogen and oxygen atoms in total. The average Bonchev–Trinajstić information content (AvgIpc) is 2.26. The van der Waals surface area contributed by atoms with Crippen LogP contribution in [0.15, 0.2) is 0 Å². The molecule has 1 aliphatic rings. The third-order valence-electron chi connectivity index (χ3n) is 2.76. The summed E-state index contributed by atoms with van der Waals surface area (Å²) in [7, 11) is 0. The van der Waals surface area contributed by atoms with Crippen LogP contribution in [-0.4, -0.2) is 43.2 Å². The van der Waals surface area contributed by atoms with Crippen molar-refractivity contribution < 1.29 is 14.6 Å². The Labute approximate surface area is 91.7 Å². The Morgan fingerprint density at radius 2 is 2.33 bits per heavy atom. The van der Waals surface area contributed by atoms with Gasteiger partial charge in [-0.05, 0) is 32.6 Å². The predicted octanol–water partition coefficient (Wildman–Crippen LogP) is 0.672. The van der Waals surface area contributed by atoms with E-state index < -0.39 is 5.54 Å². The quantitative estimate of drug-likeness (QED) is 0.642. The maximum Gasteiger partial charge on any atom is 0.0808 e. The van der Waals surface area contributed by atoms with Gasteiger partial charge in [0, 0.05) is 18.8 Å². The van der Waals surface area contributed by atoms with E-state index in [1.807, 2.05) is 6.92 Å². The van der Waals surface area contributed by atoms with Crippen molar-refractivity contribution >= 4 is 0 Å². The van der Waals surface area contributed by atoms with Crippen molar-refractivity contribution in [3.8, 4) is 0 Å². The molecule has 0 aromatic heterocycles. The van der Waals surface area contributed by atoms with Crippen LogP contribution in [0.25, 0.3) is 0 Å². The molecule has 1 rings (SSSR count). The number of nitrogens with two attached hydrogens (primary N) is 1. The second-order valence-electron chi connectivity index (χ2n) is 4.63. The minimum absolute atomic E-state index is 0.00368. The summed E-state index contributed by atoms with van der Waals surface area (Å²) in [4.78, 5) is 0. The van der Waals surface area contributed by atoms with Crippen molar-refractivity contribution in [2.45, 2.75) is 44.2 Å². The number of hydrogen-bond donors (Lipinski definition) is 2. The summed E-state index contributed by atoms with van der Waals surface area (Å²) in [6, 6.07) is 0. The summed E-state index contributed by atoms with van der Waals surface area (Å²) < 4.78 is 11.0. The molecule has 2 unspecified atom stereocenters. The normalized spacial score (nSPS) is 26.2. The molecule has 2 atom stereocenters. The van der Waals surface area contributed by atoms with Gasteiger partial charge in [0.05, 0.1) is 19.3 Å². The van der Waals surface area contributed by atoms with Gasteiger partial charge < -0.3 is 20.3 Å². The molecule has 0 aromatic carbocycles. The van der Waals surface area contributed by atoms with Gasteiger partial charge in [0.15, 0.2) is 0 Å². The molecule has 1 fully saturated rings. The van der Waals surface area contributed by atoms with Crippen LogP contribution in [0.4, 0.5) is 0 Å². The fraction of sp³-hybridized carbons (Fsp3) is 1.00. The minimum atomic E-state index is -0.520. The Bertz CT molecular complexity index is 167. The molecular formula is C11H23NO3. The van der Waals surface area contributed by atoms with Crippen LogP contribution in [0.5, 0.6) is 0 Å². The average molecular weight is 217 g/mol. The van der Waals surface area contributed by atoms with E-state index in [0.717, 1.165) is 13.0 Å². The Balaban J connectivity index is 2.00. The van der Waals surface area contributed by atoms with E-state index in [0.29, 0.717) is 19.6 Å². The van der Waals surface area contributed by atoms with Crippen molar-refractivity contribution in [1.82, 2.24) is 0 Å². The summed E-state index contributed by atoms with van der Waals surface area (Å²) in [6.07, 6.45) is 4.44. The monoisotopic (exact) mass is 217 g/mol. The first-order valence-electron chi connectivity index (χ1n) is 5.73. The van der Waals surface area contributed by atoms with Gasteiger partial charge in [-0.15, -0.1) is 0 Å². The van der Waals surface area contributed by atoms with E-state index in [1.165, 1.54) is 12.8 Å². The first-order chi connectivity index (χ1) is 7.14. The standard InChI is InChI=1S/C11H23NO3/c1-11(12,9-13)5-7-14-8-10-4-2-3-6-15-10/h10,13H,2-9,12H2,1H3. The molecule has 1 saturated heterocycles. The van der Waals surface area contributed by atoms with Crippen LogP contribution in [0.2, 0.25) is 0 Å². The molecular weight excluding hydrogens is 194 g/mol. The molecule has 0 amide bonds. The Kier molecular flexibility index (Phi) is 5.53. The second-order valence-corrected chi connectivity index (χ2v) is 4.63. The third-order valence-corrected chi connectivity index (χ3v) is 2.76. The molecule has 0 radical (unpaired) electrons. The Morgan fingerprint density at radius 3 is 2.93 bits per heavy atom. The van der Waals surface area contributed by atoms with Gasteiger partial charge in [-0.25, -0.2) is 0 Å². The molecule has 0 aromatic rings. The lowest BCUT2D eigenvalue weighted by atomic mass is 10.0. The zero-order chi connectivity index (χ0) is 11.1. The molecule has 0 spiro atoms. The highest BCUT2D eigenvalue weighted by atomic mass is 16.5. The number of aliphatic hydroxyl groups is 1. The maximum absolute atomic E-state index is 8.94. The largest absolute Gasteiger partial charge is 0.394 e. The van der Waals surface area contributed by atoms with E-state index in [4.69, 9.17) is 20.3 Å². The van der Waals surface area contributed by atoms with E-state index in [1.54, 1.807) is 0 Å². The van der Waals surface area contributed by atoms with Gasteiger partial charge >= 0.3 is 0 Å². The second kappa shape index (κ2) is 6.43. The first-order valence-corrected chi connectivity index (χ1v) is 5.73. The zero-order valence-electron chi connectivity index (χ0n) is 9.58. The van der Waals surface area contributed by atoms with E-state index >= 15 is 0 Å². The number of rotatable bonds is 6. The number of aliphatic hydroxyl groups excluding tert-OH is 1. The van der Waals surface area contributed by atoms with Crippen LogP contribution in [-0.2, 0) is 9.47 Å². The molecule has 0 saturated carbocycles. The first kappa shape index (κ1) is 12.9. The molecule has 1 heterocycles. The topological polar surface area (TPSA) is 64.7 Å². The lowest BCUT2D eigenvalue weighted by molar-refractivity contribution is -0.0436. The minimum Gasteiger partial charge on any atom is -0.394 e. The van der Waals surface area contributed by atoms with E-state index in [2.05, 4.69) is 0 Å². The molecule has 0 aliphatic carbocycles. The highest BCUT2D eigenvalue weighted by Gasteiger charge is 2.18. The molecule has 3 N–H and O–H groups in total. The van der Waals surface area contributed by atoms with Crippen LogP contribution in [0.1, 0.15) is 32.6 Å².